The Bertz CT molecular complexity index is 562. The second-order valence-electron chi connectivity index (χ2n) is 3.00. The molecule has 0 amide bonds. The van der Waals surface area contributed by atoms with Gasteiger partial charge >= 0.3 is 0 Å². The molecule has 1 aromatic heterocycles. The quantitative estimate of drug-likeness (QED) is 0.792. The molecule has 0 aliphatic heterocycles. The Balaban J connectivity index is 2.31. The smallest absolute Gasteiger partial charge is 0.194 e. The van der Waals surface area contributed by atoms with Crippen molar-refractivity contribution >= 4 is 46.4 Å². The molecular formula is C10H4Cl4N2O. The van der Waals surface area contributed by atoms with Crippen LogP contribution < -0.4 is 4.74 Å². The Morgan fingerprint density at radius 3 is 2.35 bits per heavy atom. The van der Waals surface area contributed by atoms with Gasteiger partial charge in [-0.3, -0.25) is 0 Å². The molecule has 17 heavy (non-hydrogen) atoms. The molecule has 1 aromatic carbocycles. The number of aromatic nitrogens is 2. The molecule has 0 saturated carbocycles. The van der Waals surface area contributed by atoms with Crippen LogP contribution in [0.4, 0.5) is 0 Å². The lowest BCUT2D eigenvalue weighted by molar-refractivity contribution is 0.479. The third kappa shape index (κ3) is 3.13. The van der Waals surface area contributed by atoms with Crippen LogP contribution in [0.25, 0.3) is 0 Å². The van der Waals surface area contributed by atoms with E-state index < -0.39 is 0 Å². The average Bonchev–Trinajstić information content (AvgIpc) is 2.29. The van der Waals surface area contributed by atoms with E-state index in [9.17, 15) is 0 Å². The molecule has 1 heterocycles. The first-order chi connectivity index (χ1) is 8.06. The number of rotatable bonds is 2. The Hall–Kier alpha value is -0.740. The Morgan fingerprint density at radius 2 is 1.65 bits per heavy atom. The van der Waals surface area contributed by atoms with Gasteiger partial charge in [-0.05, 0) is 12.1 Å². The van der Waals surface area contributed by atoms with E-state index in [-0.39, 0.29) is 10.3 Å². The summed E-state index contributed by atoms with van der Waals surface area (Å²) in [5.74, 6) is 0.774. The number of ether oxygens (including phenoxy) is 1. The van der Waals surface area contributed by atoms with Crippen LogP contribution in [0.2, 0.25) is 20.4 Å². The van der Waals surface area contributed by atoms with Gasteiger partial charge in [0.25, 0.3) is 0 Å². The second-order valence-corrected chi connectivity index (χ2v) is 4.56. The van der Waals surface area contributed by atoms with Gasteiger partial charge in [0.2, 0.25) is 0 Å². The standard InChI is InChI=1S/C10H4Cl4N2O/c11-6-2-1-5(3-7(6)12)17-8-4-9(13)15-16-10(8)14/h1-4H. The van der Waals surface area contributed by atoms with Crippen LogP contribution in [0.1, 0.15) is 0 Å². The van der Waals surface area contributed by atoms with Gasteiger partial charge in [0.1, 0.15) is 5.75 Å². The van der Waals surface area contributed by atoms with Gasteiger partial charge in [-0.1, -0.05) is 46.4 Å². The number of hydrogen-bond acceptors (Lipinski definition) is 3. The second kappa shape index (κ2) is 5.27. The van der Waals surface area contributed by atoms with Crippen molar-refractivity contribution in [2.24, 2.45) is 0 Å². The molecule has 3 nitrogen and oxygen atoms in total. The molecule has 0 saturated heterocycles. The minimum absolute atomic E-state index is 0.112. The zero-order chi connectivity index (χ0) is 12.4. The number of nitrogens with zero attached hydrogens (tertiary/aromatic N) is 2. The summed E-state index contributed by atoms with van der Waals surface area (Å²) in [5.41, 5.74) is 0. The maximum absolute atomic E-state index is 5.85. The van der Waals surface area contributed by atoms with Crippen molar-refractivity contribution in [3.05, 3.63) is 44.6 Å². The van der Waals surface area contributed by atoms with Gasteiger partial charge in [-0.2, -0.15) is 0 Å². The minimum atomic E-state index is 0.112. The van der Waals surface area contributed by atoms with E-state index in [4.69, 9.17) is 51.1 Å². The maximum atomic E-state index is 5.85. The SMILES string of the molecule is Clc1cc(Oc2ccc(Cl)c(Cl)c2)c(Cl)nn1. The van der Waals surface area contributed by atoms with Crippen molar-refractivity contribution in [3.8, 4) is 11.5 Å². The third-order valence-electron chi connectivity index (χ3n) is 1.81. The summed E-state index contributed by atoms with van der Waals surface area (Å²) in [6.45, 7) is 0. The zero-order valence-electron chi connectivity index (χ0n) is 8.12. The number of hydrogen-bond donors (Lipinski definition) is 0. The normalized spacial score (nSPS) is 10.4. The summed E-state index contributed by atoms with van der Waals surface area (Å²) < 4.78 is 5.46. The van der Waals surface area contributed by atoms with E-state index in [1.165, 1.54) is 6.07 Å². The first kappa shape index (κ1) is 12.7. The van der Waals surface area contributed by atoms with Crippen molar-refractivity contribution in [2.45, 2.75) is 0 Å². The highest BCUT2D eigenvalue weighted by Gasteiger charge is 2.08. The Morgan fingerprint density at radius 1 is 0.882 bits per heavy atom. The predicted molar refractivity (Wildman–Crippen MR) is 68.6 cm³/mol. The van der Waals surface area contributed by atoms with Crippen LogP contribution in [-0.4, -0.2) is 10.2 Å². The molecule has 0 atom stereocenters. The molecule has 0 aliphatic rings. The highest BCUT2D eigenvalue weighted by molar-refractivity contribution is 6.42. The molecule has 7 heteroatoms. The van der Waals surface area contributed by atoms with Gasteiger partial charge < -0.3 is 4.74 Å². The first-order valence-corrected chi connectivity index (χ1v) is 5.89. The van der Waals surface area contributed by atoms with Gasteiger partial charge in [0, 0.05) is 12.1 Å². The molecule has 0 spiro atoms. The lowest BCUT2D eigenvalue weighted by Gasteiger charge is -2.07. The first-order valence-electron chi connectivity index (χ1n) is 4.38. The third-order valence-corrected chi connectivity index (χ3v) is 2.99. The predicted octanol–water partition coefficient (Wildman–Crippen LogP) is 4.88. The molecule has 2 rings (SSSR count). The van der Waals surface area contributed by atoms with E-state index in [0.29, 0.717) is 21.5 Å². The van der Waals surface area contributed by atoms with E-state index in [2.05, 4.69) is 10.2 Å². The summed E-state index contributed by atoms with van der Waals surface area (Å²) in [5, 5.41) is 8.30. The van der Waals surface area contributed by atoms with Gasteiger partial charge in [0.05, 0.1) is 10.0 Å². The molecule has 0 fully saturated rings. The van der Waals surface area contributed by atoms with Crippen molar-refractivity contribution in [2.75, 3.05) is 0 Å². The molecular weight excluding hydrogens is 306 g/mol. The van der Waals surface area contributed by atoms with Crippen LogP contribution in [0.5, 0.6) is 11.5 Å². The fourth-order valence-corrected chi connectivity index (χ4v) is 1.63. The van der Waals surface area contributed by atoms with Crippen LogP contribution in [-0.2, 0) is 0 Å². The van der Waals surface area contributed by atoms with Crippen molar-refractivity contribution in [1.29, 1.82) is 0 Å². The molecule has 0 N–H and O–H groups in total. The summed E-state index contributed by atoms with van der Waals surface area (Å²) in [6.07, 6.45) is 0. The van der Waals surface area contributed by atoms with Crippen LogP contribution >= 0.6 is 46.4 Å². The van der Waals surface area contributed by atoms with E-state index in [0.717, 1.165) is 0 Å². The summed E-state index contributed by atoms with van der Waals surface area (Å²) in [6, 6.07) is 6.29. The molecule has 0 radical (unpaired) electrons. The van der Waals surface area contributed by atoms with Gasteiger partial charge in [-0.15, -0.1) is 10.2 Å². The summed E-state index contributed by atoms with van der Waals surface area (Å²) in [4.78, 5) is 0. The summed E-state index contributed by atoms with van der Waals surface area (Å²) in [7, 11) is 0. The van der Waals surface area contributed by atoms with Crippen molar-refractivity contribution < 1.29 is 4.74 Å². The van der Waals surface area contributed by atoms with Crippen LogP contribution in [0.15, 0.2) is 24.3 Å². The molecule has 0 unspecified atom stereocenters. The lowest BCUT2D eigenvalue weighted by atomic mass is 10.3. The van der Waals surface area contributed by atoms with E-state index in [1.807, 2.05) is 0 Å². The highest BCUT2D eigenvalue weighted by Crippen LogP contribution is 2.32. The highest BCUT2D eigenvalue weighted by atomic mass is 35.5. The number of benzene rings is 1. The largest absolute Gasteiger partial charge is 0.454 e. The number of halogens is 4. The lowest BCUT2D eigenvalue weighted by Crippen LogP contribution is -1.90. The monoisotopic (exact) mass is 308 g/mol. The molecule has 88 valence electrons. The van der Waals surface area contributed by atoms with Crippen molar-refractivity contribution in [1.82, 2.24) is 10.2 Å². The Labute approximate surface area is 117 Å². The molecule has 0 aliphatic carbocycles. The Kier molecular flexibility index (Phi) is 3.94. The zero-order valence-corrected chi connectivity index (χ0v) is 11.1. The average molecular weight is 310 g/mol. The van der Waals surface area contributed by atoms with E-state index >= 15 is 0 Å². The maximum Gasteiger partial charge on any atom is 0.194 e. The minimum Gasteiger partial charge on any atom is -0.454 e. The fraction of sp³-hybridized carbons (Fsp3) is 0. The fourth-order valence-electron chi connectivity index (χ4n) is 1.08. The van der Waals surface area contributed by atoms with Gasteiger partial charge in [-0.25, -0.2) is 0 Å². The van der Waals surface area contributed by atoms with Crippen LogP contribution in [0, 0.1) is 0 Å². The van der Waals surface area contributed by atoms with Gasteiger partial charge in [0.15, 0.2) is 16.1 Å². The summed E-state index contributed by atoms with van der Waals surface area (Å²) >= 11 is 23.1. The van der Waals surface area contributed by atoms with Crippen LogP contribution in [0.3, 0.4) is 0 Å². The van der Waals surface area contributed by atoms with Crippen molar-refractivity contribution in [3.63, 3.8) is 0 Å². The molecule has 0 bridgehead atoms. The topological polar surface area (TPSA) is 35.0 Å². The molecule has 2 aromatic rings. The van der Waals surface area contributed by atoms with E-state index in [1.54, 1.807) is 18.2 Å².